The Morgan fingerprint density at radius 1 is 1.37 bits per heavy atom. The number of anilines is 1. The molecule has 4 heteroatoms. The molecule has 1 N–H and O–H groups in total. The Kier molecular flexibility index (Phi) is 5.12. The van der Waals surface area contributed by atoms with E-state index in [0.29, 0.717) is 6.04 Å². The summed E-state index contributed by atoms with van der Waals surface area (Å²) in [6, 6.07) is 9.06. The summed E-state index contributed by atoms with van der Waals surface area (Å²) >= 11 is 1.99. The Labute approximate surface area is 120 Å². The number of hydrogen-bond donors (Lipinski definition) is 1. The third-order valence-electron chi connectivity index (χ3n) is 3.25. The van der Waals surface area contributed by atoms with E-state index >= 15 is 0 Å². The van der Waals surface area contributed by atoms with E-state index in [2.05, 4.69) is 42.3 Å². The zero-order valence-corrected chi connectivity index (χ0v) is 12.5. The molecule has 1 fully saturated rings. The van der Waals surface area contributed by atoms with Crippen LogP contribution in [0.3, 0.4) is 0 Å². The van der Waals surface area contributed by atoms with Crippen LogP contribution in [0.1, 0.15) is 25.0 Å². The molecule has 0 aromatic heterocycles. The summed E-state index contributed by atoms with van der Waals surface area (Å²) in [4.78, 5) is 2.33. The minimum atomic E-state index is 0.462. The first kappa shape index (κ1) is 14.2. The van der Waals surface area contributed by atoms with Gasteiger partial charge in [0.1, 0.15) is 6.07 Å². The minimum absolute atomic E-state index is 0.462. The molecule has 0 bridgehead atoms. The summed E-state index contributed by atoms with van der Waals surface area (Å²) in [7, 11) is 0. The van der Waals surface area contributed by atoms with Crippen LogP contribution in [0, 0.1) is 11.3 Å². The van der Waals surface area contributed by atoms with Crippen molar-refractivity contribution in [3.8, 4) is 6.07 Å². The predicted molar refractivity (Wildman–Crippen MR) is 82.7 cm³/mol. The van der Waals surface area contributed by atoms with E-state index in [0.717, 1.165) is 42.4 Å². The normalized spacial score (nSPS) is 15.6. The molecular weight excluding hydrogens is 254 g/mol. The summed E-state index contributed by atoms with van der Waals surface area (Å²) in [5.41, 5.74) is 3.08. The van der Waals surface area contributed by atoms with Gasteiger partial charge in [-0.05, 0) is 17.7 Å². The lowest BCUT2D eigenvalue weighted by Crippen LogP contribution is -2.33. The fourth-order valence-electron chi connectivity index (χ4n) is 2.18. The zero-order valence-electron chi connectivity index (χ0n) is 11.6. The molecule has 0 aliphatic carbocycles. The topological polar surface area (TPSA) is 39.1 Å². The average Bonchev–Trinajstić information content (AvgIpc) is 2.45. The Hall–Kier alpha value is -1.18. The maximum atomic E-state index is 9.35. The molecule has 0 radical (unpaired) electrons. The van der Waals surface area contributed by atoms with Crippen molar-refractivity contribution in [2.45, 2.75) is 26.4 Å². The predicted octanol–water partition coefficient (Wildman–Crippen LogP) is 2.61. The summed E-state index contributed by atoms with van der Waals surface area (Å²) in [5, 5.41) is 12.7. The van der Waals surface area contributed by atoms with Gasteiger partial charge < -0.3 is 10.2 Å². The maximum Gasteiger partial charge on any atom is 0.101 e. The quantitative estimate of drug-likeness (QED) is 0.917. The van der Waals surface area contributed by atoms with Crippen molar-refractivity contribution in [2.75, 3.05) is 29.5 Å². The van der Waals surface area contributed by atoms with Gasteiger partial charge in [-0.25, -0.2) is 0 Å². The van der Waals surface area contributed by atoms with Crippen LogP contribution in [0.15, 0.2) is 18.2 Å². The van der Waals surface area contributed by atoms with Crippen molar-refractivity contribution < 1.29 is 0 Å². The van der Waals surface area contributed by atoms with Gasteiger partial charge >= 0.3 is 0 Å². The summed E-state index contributed by atoms with van der Waals surface area (Å²) in [5.74, 6) is 2.31. The lowest BCUT2D eigenvalue weighted by atomic mass is 10.1. The van der Waals surface area contributed by atoms with Crippen LogP contribution in [0.4, 0.5) is 5.69 Å². The Morgan fingerprint density at radius 3 is 2.74 bits per heavy atom. The van der Waals surface area contributed by atoms with Crippen LogP contribution in [0.25, 0.3) is 0 Å². The maximum absolute atomic E-state index is 9.35. The van der Waals surface area contributed by atoms with Gasteiger partial charge in [0.25, 0.3) is 0 Å². The van der Waals surface area contributed by atoms with Gasteiger partial charge in [0.2, 0.25) is 0 Å². The first-order valence-corrected chi connectivity index (χ1v) is 7.95. The van der Waals surface area contributed by atoms with Crippen LogP contribution < -0.4 is 10.2 Å². The second-order valence-corrected chi connectivity index (χ2v) is 6.32. The number of rotatable bonds is 4. The molecule has 3 nitrogen and oxygen atoms in total. The van der Waals surface area contributed by atoms with Crippen molar-refractivity contribution >= 4 is 17.4 Å². The number of nitrogens with zero attached hydrogens (tertiary/aromatic N) is 2. The van der Waals surface area contributed by atoms with Crippen molar-refractivity contribution in [3.05, 3.63) is 29.3 Å². The lowest BCUT2D eigenvalue weighted by molar-refractivity contribution is 0.589. The Balaban J connectivity index is 2.14. The van der Waals surface area contributed by atoms with Gasteiger partial charge in [-0.1, -0.05) is 19.9 Å². The van der Waals surface area contributed by atoms with Crippen molar-refractivity contribution in [2.24, 2.45) is 0 Å². The second kappa shape index (κ2) is 6.83. The van der Waals surface area contributed by atoms with Crippen LogP contribution in [-0.2, 0) is 6.54 Å². The van der Waals surface area contributed by atoms with Gasteiger partial charge in [0, 0.05) is 37.2 Å². The molecule has 1 saturated heterocycles. The van der Waals surface area contributed by atoms with Crippen LogP contribution in [0.2, 0.25) is 0 Å². The van der Waals surface area contributed by atoms with E-state index in [1.165, 1.54) is 5.56 Å². The van der Waals surface area contributed by atoms with Crippen molar-refractivity contribution in [3.63, 3.8) is 0 Å². The molecule has 0 spiro atoms. The number of benzene rings is 1. The van der Waals surface area contributed by atoms with Crippen LogP contribution in [-0.4, -0.2) is 30.6 Å². The molecule has 1 aliphatic heterocycles. The number of nitrogens with one attached hydrogen (secondary N) is 1. The van der Waals surface area contributed by atoms with Gasteiger partial charge in [0.15, 0.2) is 0 Å². The van der Waals surface area contributed by atoms with Gasteiger partial charge in [-0.2, -0.15) is 17.0 Å². The summed E-state index contributed by atoms with van der Waals surface area (Å²) in [6.45, 7) is 7.17. The average molecular weight is 275 g/mol. The molecule has 102 valence electrons. The fraction of sp³-hybridized carbons (Fsp3) is 0.533. The fourth-order valence-corrected chi connectivity index (χ4v) is 3.09. The molecule has 0 unspecified atom stereocenters. The highest BCUT2D eigenvalue weighted by atomic mass is 32.2. The molecule has 0 amide bonds. The Morgan fingerprint density at radius 2 is 2.11 bits per heavy atom. The molecule has 1 aliphatic rings. The van der Waals surface area contributed by atoms with E-state index in [1.807, 2.05) is 17.8 Å². The van der Waals surface area contributed by atoms with E-state index in [1.54, 1.807) is 0 Å². The number of thioether (sulfide) groups is 1. The second-order valence-electron chi connectivity index (χ2n) is 5.10. The van der Waals surface area contributed by atoms with Crippen LogP contribution >= 0.6 is 11.8 Å². The van der Waals surface area contributed by atoms with Gasteiger partial charge in [0.05, 0.1) is 11.3 Å². The van der Waals surface area contributed by atoms with Crippen LogP contribution in [0.5, 0.6) is 0 Å². The third kappa shape index (κ3) is 3.89. The smallest absolute Gasteiger partial charge is 0.101 e. The molecule has 0 atom stereocenters. The van der Waals surface area contributed by atoms with Crippen molar-refractivity contribution in [1.82, 2.24) is 5.32 Å². The zero-order chi connectivity index (χ0) is 13.7. The first-order chi connectivity index (χ1) is 9.20. The number of nitriles is 1. The third-order valence-corrected chi connectivity index (χ3v) is 4.19. The van der Waals surface area contributed by atoms with Gasteiger partial charge in [-0.3, -0.25) is 0 Å². The molecule has 1 aromatic rings. The lowest BCUT2D eigenvalue weighted by Gasteiger charge is -2.29. The Bertz CT molecular complexity index is 459. The van der Waals surface area contributed by atoms with Gasteiger partial charge in [-0.15, -0.1) is 0 Å². The van der Waals surface area contributed by atoms with Crippen molar-refractivity contribution in [1.29, 1.82) is 5.26 Å². The minimum Gasteiger partial charge on any atom is -0.369 e. The highest BCUT2D eigenvalue weighted by Crippen LogP contribution is 2.24. The van der Waals surface area contributed by atoms with E-state index in [9.17, 15) is 5.26 Å². The summed E-state index contributed by atoms with van der Waals surface area (Å²) in [6.07, 6.45) is 0. The van der Waals surface area contributed by atoms with E-state index in [-0.39, 0.29) is 0 Å². The monoisotopic (exact) mass is 275 g/mol. The SMILES string of the molecule is CC(C)NCc1ccc(N2CCSCC2)c(C#N)c1. The first-order valence-electron chi connectivity index (χ1n) is 6.80. The standard InChI is InChI=1S/C15H21N3S/c1-12(2)17-11-13-3-4-15(14(9-13)10-16)18-5-7-19-8-6-18/h3-4,9,12,17H,5-8,11H2,1-2H3. The molecule has 0 saturated carbocycles. The van der Waals surface area contributed by atoms with E-state index in [4.69, 9.17) is 0 Å². The molecule has 1 aromatic carbocycles. The highest BCUT2D eigenvalue weighted by Gasteiger charge is 2.15. The highest BCUT2D eigenvalue weighted by molar-refractivity contribution is 7.99. The molecular formula is C15H21N3S. The van der Waals surface area contributed by atoms with E-state index < -0.39 is 0 Å². The largest absolute Gasteiger partial charge is 0.369 e. The molecule has 19 heavy (non-hydrogen) atoms. The summed E-state index contributed by atoms with van der Waals surface area (Å²) < 4.78 is 0. The molecule has 1 heterocycles. The molecule has 2 rings (SSSR count). The number of hydrogen-bond acceptors (Lipinski definition) is 4.